The van der Waals surface area contributed by atoms with Crippen LogP contribution in [0.5, 0.6) is 5.75 Å². The standard InChI is InChI=1S/C17H14N2O5/c1-10-8-12-13(15(24-2)14(10)19(22)23)17(21)18(16(12)20)9-11-6-4-3-5-7-11/h3-8H,9H2,1-2H3. The summed E-state index contributed by atoms with van der Waals surface area (Å²) in [4.78, 5) is 37.0. The van der Waals surface area contributed by atoms with Crippen LogP contribution < -0.4 is 4.74 Å². The minimum absolute atomic E-state index is 0.0456. The van der Waals surface area contributed by atoms with Crippen molar-refractivity contribution in [3.8, 4) is 5.75 Å². The third kappa shape index (κ3) is 2.30. The maximum absolute atomic E-state index is 12.7. The van der Waals surface area contributed by atoms with Crippen molar-refractivity contribution in [1.82, 2.24) is 4.90 Å². The summed E-state index contributed by atoms with van der Waals surface area (Å²) in [7, 11) is 1.25. The third-order valence-electron chi connectivity index (χ3n) is 3.95. The van der Waals surface area contributed by atoms with Crippen LogP contribution in [0.4, 0.5) is 5.69 Å². The molecule has 0 N–H and O–H groups in total. The van der Waals surface area contributed by atoms with Gasteiger partial charge in [-0.3, -0.25) is 24.6 Å². The van der Waals surface area contributed by atoms with Crippen LogP contribution in [0.3, 0.4) is 0 Å². The fraction of sp³-hybridized carbons (Fsp3) is 0.176. The van der Waals surface area contributed by atoms with E-state index in [0.29, 0.717) is 0 Å². The summed E-state index contributed by atoms with van der Waals surface area (Å²) in [5, 5.41) is 11.3. The fourth-order valence-corrected chi connectivity index (χ4v) is 2.87. The molecule has 0 aliphatic carbocycles. The monoisotopic (exact) mass is 326 g/mol. The number of carbonyl (C=O) groups excluding carboxylic acids is 2. The molecule has 3 rings (SSSR count). The van der Waals surface area contributed by atoms with Gasteiger partial charge in [-0.2, -0.15) is 0 Å². The van der Waals surface area contributed by atoms with Gasteiger partial charge in [-0.15, -0.1) is 0 Å². The number of amides is 2. The smallest absolute Gasteiger partial charge is 0.314 e. The molecule has 0 unspecified atom stereocenters. The Morgan fingerprint density at radius 1 is 1.17 bits per heavy atom. The molecule has 7 nitrogen and oxygen atoms in total. The molecule has 0 saturated heterocycles. The number of nitro benzene ring substituents is 1. The van der Waals surface area contributed by atoms with Gasteiger partial charge in [0.2, 0.25) is 5.75 Å². The van der Waals surface area contributed by atoms with Gasteiger partial charge in [-0.25, -0.2) is 0 Å². The lowest BCUT2D eigenvalue weighted by molar-refractivity contribution is -0.386. The number of carbonyl (C=O) groups is 2. The second-order valence-electron chi connectivity index (χ2n) is 5.44. The summed E-state index contributed by atoms with van der Waals surface area (Å²) >= 11 is 0. The van der Waals surface area contributed by atoms with Gasteiger partial charge in [-0.1, -0.05) is 30.3 Å². The lowest BCUT2D eigenvalue weighted by atomic mass is 10.0. The van der Waals surface area contributed by atoms with E-state index in [4.69, 9.17) is 4.74 Å². The average Bonchev–Trinajstić information content (AvgIpc) is 2.79. The second kappa shape index (κ2) is 5.77. The maximum Gasteiger partial charge on any atom is 0.314 e. The molecule has 0 atom stereocenters. The van der Waals surface area contributed by atoms with E-state index in [1.165, 1.54) is 20.1 Å². The van der Waals surface area contributed by atoms with Crippen LogP contribution in [0, 0.1) is 17.0 Å². The van der Waals surface area contributed by atoms with Crippen LogP contribution >= 0.6 is 0 Å². The maximum atomic E-state index is 12.7. The first-order valence-electron chi connectivity index (χ1n) is 7.21. The van der Waals surface area contributed by atoms with Gasteiger partial charge in [0, 0.05) is 5.56 Å². The molecule has 0 spiro atoms. The number of hydrogen-bond acceptors (Lipinski definition) is 5. The Hall–Kier alpha value is -3.22. The van der Waals surface area contributed by atoms with Gasteiger partial charge < -0.3 is 4.74 Å². The number of benzene rings is 2. The Bertz CT molecular complexity index is 861. The molecule has 2 aromatic rings. The van der Waals surface area contributed by atoms with Crippen LogP contribution in [0.25, 0.3) is 0 Å². The van der Waals surface area contributed by atoms with Crippen LogP contribution in [0.15, 0.2) is 36.4 Å². The van der Waals surface area contributed by atoms with Gasteiger partial charge in [0.1, 0.15) is 5.56 Å². The number of hydrogen-bond donors (Lipinski definition) is 0. The highest BCUT2D eigenvalue weighted by atomic mass is 16.6. The number of ether oxygens (including phenoxy) is 1. The summed E-state index contributed by atoms with van der Waals surface area (Å²) < 4.78 is 5.11. The molecule has 0 radical (unpaired) electrons. The molecule has 122 valence electrons. The molecule has 1 aliphatic rings. The molecule has 1 aliphatic heterocycles. The Morgan fingerprint density at radius 2 is 1.83 bits per heavy atom. The largest absolute Gasteiger partial charge is 0.490 e. The van der Waals surface area contributed by atoms with E-state index in [1.807, 2.05) is 18.2 Å². The molecule has 2 amide bonds. The Kier molecular flexibility index (Phi) is 3.76. The highest BCUT2D eigenvalue weighted by molar-refractivity contribution is 6.23. The summed E-state index contributed by atoms with van der Waals surface area (Å²) in [6, 6.07) is 10.4. The lowest BCUT2D eigenvalue weighted by Crippen LogP contribution is -2.29. The summed E-state index contributed by atoms with van der Waals surface area (Å²) in [5.41, 5.74) is 0.862. The van der Waals surface area contributed by atoms with Crippen molar-refractivity contribution in [1.29, 1.82) is 0 Å². The van der Waals surface area contributed by atoms with Crippen molar-refractivity contribution in [2.45, 2.75) is 13.5 Å². The van der Waals surface area contributed by atoms with Crippen LogP contribution in [-0.2, 0) is 6.54 Å². The number of nitrogens with zero attached hydrogens (tertiary/aromatic N) is 2. The van der Waals surface area contributed by atoms with Gasteiger partial charge in [0.15, 0.2) is 0 Å². The topological polar surface area (TPSA) is 89.8 Å². The zero-order chi connectivity index (χ0) is 17.4. The Morgan fingerprint density at radius 3 is 2.42 bits per heavy atom. The molecule has 2 aromatic carbocycles. The normalized spacial score (nSPS) is 13.2. The van der Waals surface area contributed by atoms with Crippen molar-refractivity contribution in [2.24, 2.45) is 0 Å². The van der Waals surface area contributed by atoms with Crippen LogP contribution in [0.1, 0.15) is 31.8 Å². The van der Waals surface area contributed by atoms with Crippen LogP contribution in [0.2, 0.25) is 0 Å². The number of aryl methyl sites for hydroxylation is 1. The van der Waals surface area contributed by atoms with Crippen molar-refractivity contribution in [2.75, 3.05) is 7.11 Å². The Labute approximate surface area is 137 Å². The quantitative estimate of drug-likeness (QED) is 0.489. The van der Waals surface area contributed by atoms with E-state index >= 15 is 0 Å². The number of imide groups is 1. The van der Waals surface area contributed by atoms with Gasteiger partial charge in [0.05, 0.1) is 24.1 Å². The SMILES string of the molecule is COc1c2c(cc(C)c1[N+](=O)[O-])C(=O)N(Cc1ccccc1)C2=O. The van der Waals surface area contributed by atoms with Crippen molar-refractivity contribution in [3.05, 3.63) is 68.8 Å². The van der Waals surface area contributed by atoms with Crippen molar-refractivity contribution in [3.63, 3.8) is 0 Å². The third-order valence-corrected chi connectivity index (χ3v) is 3.95. The summed E-state index contributed by atoms with van der Waals surface area (Å²) in [6.45, 7) is 1.61. The number of nitro groups is 1. The molecule has 0 fully saturated rings. The van der Waals surface area contributed by atoms with E-state index in [1.54, 1.807) is 12.1 Å². The van der Waals surface area contributed by atoms with Gasteiger partial charge in [0.25, 0.3) is 11.8 Å². The molecular formula is C17H14N2O5. The minimum atomic E-state index is -0.605. The van der Waals surface area contributed by atoms with Gasteiger partial charge >= 0.3 is 5.69 Å². The molecule has 7 heteroatoms. The fourth-order valence-electron chi connectivity index (χ4n) is 2.87. The lowest BCUT2D eigenvalue weighted by Gasteiger charge is -2.13. The second-order valence-corrected chi connectivity index (χ2v) is 5.44. The minimum Gasteiger partial charge on any atom is -0.490 e. The molecule has 0 saturated carbocycles. The van der Waals surface area contributed by atoms with E-state index in [-0.39, 0.29) is 34.7 Å². The molecular weight excluding hydrogens is 312 g/mol. The molecule has 0 aromatic heterocycles. The number of methoxy groups -OCH3 is 1. The zero-order valence-corrected chi connectivity index (χ0v) is 13.1. The molecule has 24 heavy (non-hydrogen) atoms. The van der Waals surface area contributed by atoms with E-state index < -0.39 is 16.7 Å². The van der Waals surface area contributed by atoms with Crippen molar-refractivity contribution < 1.29 is 19.2 Å². The van der Waals surface area contributed by atoms with E-state index in [2.05, 4.69) is 0 Å². The van der Waals surface area contributed by atoms with E-state index in [0.717, 1.165) is 10.5 Å². The van der Waals surface area contributed by atoms with Crippen molar-refractivity contribution >= 4 is 17.5 Å². The summed E-state index contributed by atoms with van der Waals surface area (Å²) in [6.07, 6.45) is 0. The first-order valence-corrected chi connectivity index (χ1v) is 7.21. The average molecular weight is 326 g/mol. The van der Waals surface area contributed by atoms with Gasteiger partial charge in [-0.05, 0) is 18.6 Å². The Balaban J connectivity index is 2.10. The zero-order valence-electron chi connectivity index (χ0n) is 13.1. The predicted molar refractivity (Wildman–Crippen MR) is 85.0 cm³/mol. The molecule has 1 heterocycles. The first kappa shape index (κ1) is 15.7. The van der Waals surface area contributed by atoms with Crippen LogP contribution in [-0.4, -0.2) is 28.7 Å². The first-order chi connectivity index (χ1) is 11.5. The predicted octanol–water partition coefficient (Wildman–Crippen LogP) is 2.71. The highest BCUT2D eigenvalue weighted by Crippen LogP contribution is 2.40. The number of fused-ring (bicyclic) bond motifs is 1. The van der Waals surface area contributed by atoms with E-state index in [9.17, 15) is 19.7 Å². The number of rotatable bonds is 4. The molecule has 0 bridgehead atoms. The summed E-state index contributed by atoms with van der Waals surface area (Å²) in [5.74, 6) is -1.22. The highest BCUT2D eigenvalue weighted by Gasteiger charge is 2.42.